The average Bonchev–Trinajstić information content (AvgIpc) is 2.38. The molecule has 0 spiro atoms. The van der Waals surface area contributed by atoms with Gasteiger partial charge in [0.15, 0.2) is 0 Å². The Hall–Kier alpha value is -1.76. The van der Waals surface area contributed by atoms with Gasteiger partial charge in [-0.25, -0.2) is 4.79 Å². The summed E-state index contributed by atoms with van der Waals surface area (Å²) in [5.41, 5.74) is -1.22. The van der Waals surface area contributed by atoms with Crippen molar-refractivity contribution in [1.29, 1.82) is 0 Å². The lowest BCUT2D eigenvalue weighted by Crippen LogP contribution is -2.26. The molecule has 0 aliphatic rings. The van der Waals surface area contributed by atoms with Gasteiger partial charge in [0.1, 0.15) is 0 Å². The molecule has 0 heterocycles. The summed E-state index contributed by atoms with van der Waals surface area (Å²) >= 11 is 0. The van der Waals surface area contributed by atoms with E-state index in [9.17, 15) is 18.0 Å². The van der Waals surface area contributed by atoms with E-state index in [0.717, 1.165) is 18.6 Å². The van der Waals surface area contributed by atoms with E-state index < -0.39 is 23.3 Å². The number of carboxylic acid groups (broad SMARTS) is 1. The third kappa shape index (κ3) is 4.93. The Morgan fingerprint density at radius 3 is 2.57 bits per heavy atom. The first-order valence-electron chi connectivity index (χ1n) is 6.49. The molecule has 0 saturated carbocycles. The Morgan fingerprint density at radius 1 is 1.43 bits per heavy atom. The van der Waals surface area contributed by atoms with Crippen LogP contribution in [-0.4, -0.2) is 30.8 Å². The Balaban J connectivity index is 3.08. The van der Waals surface area contributed by atoms with E-state index in [1.54, 1.807) is 0 Å². The van der Waals surface area contributed by atoms with Crippen LogP contribution in [0.25, 0.3) is 0 Å². The molecule has 1 aromatic carbocycles. The van der Waals surface area contributed by atoms with Crippen molar-refractivity contribution in [1.82, 2.24) is 0 Å². The van der Waals surface area contributed by atoms with Gasteiger partial charge in [-0.1, -0.05) is 13.3 Å². The molecule has 4 nitrogen and oxygen atoms in total. The minimum absolute atomic E-state index is 0.158. The summed E-state index contributed by atoms with van der Waals surface area (Å²) in [6.45, 7) is 2.29. The lowest BCUT2D eigenvalue weighted by Gasteiger charge is -2.20. The second kappa shape index (κ2) is 7.31. The molecule has 0 saturated heterocycles. The van der Waals surface area contributed by atoms with Crippen molar-refractivity contribution in [3.8, 4) is 0 Å². The predicted octanol–water partition coefficient (Wildman–Crippen LogP) is 3.63. The number of hydrogen-bond acceptors (Lipinski definition) is 3. The largest absolute Gasteiger partial charge is 0.478 e. The van der Waals surface area contributed by atoms with Gasteiger partial charge in [0.2, 0.25) is 0 Å². The van der Waals surface area contributed by atoms with Crippen molar-refractivity contribution in [3.63, 3.8) is 0 Å². The molecule has 21 heavy (non-hydrogen) atoms. The first-order valence-corrected chi connectivity index (χ1v) is 6.49. The Kier molecular flexibility index (Phi) is 6.02. The van der Waals surface area contributed by atoms with Crippen LogP contribution in [0.1, 0.15) is 35.7 Å². The van der Waals surface area contributed by atoms with Crippen LogP contribution in [0.5, 0.6) is 0 Å². The number of rotatable bonds is 7. The van der Waals surface area contributed by atoms with Gasteiger partial charge < -0.3 is 15.2 Å². The number of alkyl halides is 3. The number of hydrogen-bond donors (Lipinski definition) is 2. The quantitative estimate of drug-likeness (QED) is 0.807. The fourth-order valence-corrected chi connectivity index (χ4v) is 1.99. The predicted molar refractivity (Wildman–Crippen MR) is 72.6 cm³/mol. The third-order valence-electron chi connectivity index (χ3n) is 2.94. The lowest BCUT2D eigenvalue weighted by molar-refractivity contribution is -0.137. The number of nitrogens with one attached hydrogen (secondary N) is 1. The Labute approximate surface area is 120 Å². The zero-order valence-corrected chi connectivity index (χ0v) is 11.8. The maximum Gasteiger partial charge on any atom is 0.416 e. The van der Waals surface area contributed by atoms with Crippen LogP contribution in [0.2, 0.25) is 0 Å². The van der Waals surface area contributed by atoms with Gasteiger partial charge in [-0.3, -0.25) is 0 Å². The molecule has 2 N–H and O–H groups in total. The first-order chi connectivity index (χ1) is 9.79. The highest BCUT2D eigenvalue weighted by Crippen LogP contribution is 2.32. The molecular formula is C14H18F3NO3. The summed E-state index contributed by atoms with van der Waals surface area (Å²) in [7, 11) is 1.51. The number of anilines is 1. The van der Waals surface area contributed by atoms with Crippen LogP contribution in [0.4, 0.5) is 18.9 Å². The first kappa shape index (κ1) is 17.3. The molecule has 118 valence electrons. The lowest BCUT2D eigenvalue weighted by atomic mass is 10.1. The fraction of sp³-hybridized carbons (Fsp3) is 0.500. The number of aromatic carboxylic acids is 1. The molecule has 0 aliphatic carbocycles. The zero-order valence-electron chi connectivity index (χ0n) is 11.8. The van der Waals surface area contributed by atoms with Crippen LogP contribution >= 0.6 is 0 Å². The van der Waals surface area contributed by atoms with Crippen LogP contribution in [0.15, 0.2) is 18.2 Å². The van der Waals surface area contributed by atoms with E-state index in [4.69, 9.17) is 9.84 Å². The molecule has 0 fully saturated rings. The standard InChI is InChI=1S/C14H18F3NO3/c1-3-4-10(8-21-2)18-12-6-5-9(14(15,16)17)7-11(12)13(19)20/h5-7,10,18H,3-4,8H2,1-2H3,(H,19,20). The van der Waals surface area contributed by atoms with Crippen LogP contribution in [0, 0.1) is 0 Å². The van der Waals surface area contributed by atoms with E-state index in [0.29, 0.717) is 19.1 Å². The van der Waals surface area contributed by atoms with Gasteiger partial charge in [-0.05, 0) is 24.6 Å². The number of benzene rings is 1. The second-order valence-electron chi connectivity index (χ2n) is 4.65. The molecule has 0 aliphatic heterocycles. The molecule has 0 amide bonds. The van der Waals surface area contributed by atoms with Gasteiger partial charge in [0.05, 0.1) is 17.7 Å². The smallest absolute Gasteiger partial charge is 0.416 e. The Bertz CT molecular complexity index is 483. The van der Waals surface area contributed by atoms with Crippen molar-refractivity contribution >= 4 is 11.7 Å². The van der Waals surface area contributed by atoms with Gasteiger partial charge in [-0.2, -0.15) is 13.2 Å². The summed E-state index contributed by atoms with van der Waals surface area (Å²) in [6.07, 6.45) is -3.02. The van der Waals surface area contributed by atoms with E-state index in [1.165, 1.54) is 7.11 Å². The third-order valence-corrected chi connectivity index (χ3v) is 2.94. The number of halogens is 3. The average molecular weight is 305 g/mol. The molecule has 0 aromatic heterocycles. The normalized spacial score (nSPS) is 13.0. The zero-order chi connectivity index (χ0) is 16.0. The van der Waals surface area contributed by atoms with E-state index in [-0.39, 0.29) is 11.7 Å². The number of carboxylic acids is 1. The molecular weight excluding hydrogens is 287 g/mol. The van der Waals surface area contributed by atoms with Crippen molar-refractivity contribution in [3.05, 3.63) is 29.3 Å². The number of ether oxygens (including phenoxy) is 1. The molecule has 1 rings (SSSR count). The van der Waals surface area contributed by atoms with Crippen LogP contribution < -0.4 is 5.32 Å². The summed E-state index contributed by atoms with van der Waals surface area (Å²) in [5.74, 6) is -1.41. The van der Waals surface area contributed by atoms with Gasteiger partial charge in [0, 0.05) is 18.8 Å². The summed E-state index contributed by atoms with van der Waals surface area (Å²) in [5, 5.41) is 12.0. The van der Waals surface area contributed by atoms with Crippen molar-refractivity contribution in [2.45, 2.75) is 32.0 Å². The van der Waals surface area contributed by atoms with E-state index in [2.05, 4.69) is 5.32 Å². The highest BCUT2D eigenvalue weighted by atomic mass is 19.4. The van der Waals surface area contributed by atoms with E-state index in [1.807, 2.05) is 6.92 Å². The topological polar surface area (TPSA) is 58.6 Å². The van der Waals surface area contributed by atoms with Crippen LogP contribution in [-0.2, 0) is 10.9 Å². The molecule has 0 radical (unpaired) electrons. The molecule has 7 heteroatoms. The summed E-state index contributed by atoms with van der Waals surface area (Å²) in [6, 6.07) is 2.49. The highest BCUT2D eigenvalue weighted by Gasteiger charge is 2.32. The van der Waals surface area contributed by atoms with Gasteiger partial charge in [0.25, 0.3) is 0 Å². The number of methoxy groups -OCH3 is 1. The monoisotopic (exact) mass is 305 g/mol. The Morgan fingerprint density at radius 2 is 2.10 bits per heavy atom. The van der Waals surface area contributed by atoms with Gasteiger partial charge >= 0.3 is 12.1 Å². The summed E-state index contributed by atoms with van der Waals surface area (Å²) < 4.78 is 42.9. The minimum atomic E-state index is -4.57. The van der Waals surface area contributed by atoms with Crippen molar-refractivity contribution in [2.75, 3.05) is 19.0 Å². The molecule has 1 unspecified atom stereocenters. The SMILES string of the molecule is CCCC(COC)Nc1ccc(C(F)(F)F)cc1C(=O)O. The maximum absolute atomic E-state index is 12.6. The molecule has 1 atom stereocenters. The van der Waals surface area contributed by atoms with Gasteiger partial charge in [-0.15, -0.1) is 0 Å². The number of carbonyl (C=O) groups is 1. The van der Waals surface area contributed by atoms with Crippen LogP contribution in [0.3, 0.4) is 0 Å². The molecule has 1 aromatic rings. The minimum Gasteiger partial charge on any atom is -0.478 e. The maximum atomic E-state index is 12.6. The van der Waals surface area contributed by atoms with Crippen molar-refractivity contribution in [2.24, 2.45) is 0 Å². The second-order valence-corrected chi connectivity index (χ2v) is 4.65. The van der Waals surface area contributed by atoms with E-state index >= 15 is 0 Å². The fourth-order valence-electron chi connectivity index (χ4n) is 1.99. The highest BCUT2D eigenvalue weighted by molar-refractivity contribution is 5.94. The summed E-state index contributed by atoms with van der Waals surface area (Å²) in [4.78, 5) is 11.2. The molecule has 0 bridgehead atoms. The van der Waals surface area contributed by atoms with Crippen molar-refractivity contribution < 1.29 is 27.8 Å².